The van der Waals surface area contributed by atoms with Gasteiger partial charge in [-0.1, -0.05) is 23.2 Å². The van der Waals surface area contributed by atoms with E-state index in [0.29, 0.717) is 16.1 Å². The maximum absolute atomic E-state index is 12.5. The first-order valence-electron chi connectivity index (χ1n) is 6.38. The van der Waals surface area contributed by atoms with Gasteiger partial charge in [0.2, 0.25) is 0 Å². The monoisotopic (exact) mass is 363 g/mol. The van der Waals surface area contributed by atoms with Crippen LogP contribution in [0, 0.1) is 13.8 Å². The minimum absolute atomic E-state index is 0.0375. The molecule has 0 bridgehead atoms. The van der Waals surface area contributed by atoms with Crippen LogP contribution in [0.3, 0.4) is 0 Å². The largest absolute Gasteiger partial charge is 0.394 e. The van der Waals surface area contributed by atoms with Gasteiger partial charge in [-0.05, 0) is 31.5 Å². The Morgan fingerprint density at radius 2 is 1.91 bits per heavy atom. The minimum atomic E-state index is -3.89. The summed E-state index contributed by atoms with van der Waals surface area (Å²) in [5.74, 6) is 0.192. The Morgan fingerprint density at radius 3 is 2.55 bits per heavy atom. The third kappa shape index (κ3) is 3.55. The number of anilines is 1. The maximum atomic E-state index is 12.5. The number of nitrogens with one attached hydrogen (secondary N) is 1. The molecular formula is C13H15Cl2N3O3S. The molecule has 1 heterocycles. The van der Waals surface area contributed by atoms with E-state index in [4.69, 9.17) is 28.3 Å². The number of sulfonamides is 1. The Hall–Kier alpha value is -1.28. The molecule has 6 nitrogen and oxygen atoms in total. The summed E-state index contributed by atoms with van der Waals surface area (Å²) in [6.45, 7) is 3.60. The molecule has 9 heteroatoms. The second-order valence-electron chi connectivity index (χ2n) is 4.78. The van der Waals surface area contributed by atoms with Crippen molar-refractivity contribution in [1.82, 2.24) is 9.78 Å². The molecule has 0 unspecified atom stereocenters. The standard InChI is InChI=1S/C13H15Cl2N3O3S/c1-8-5-12(11(15)6-10(8)14)22(20,21)17-13-9(2)7-18(16-13)3-4-19/h5-7,19H,3-4H2,1-2H3,(H,16,17). The van der Waals surface area contributed by atoms with Gasteiger partial charge in [-0.15, -0.1) is 0 Å². The number of aliphatic hydroxyl groups is 1. The Bertz CT molecular complexity index is 803. The van der Waals surface area contributed by atoms with Crippen LogP contribution in [0.25, 0.3) is 0 Å². The third-order valence-electron chi connectivity index (χ3n) is 3.01. The molecule has 0 spiro atoms. The molecule has 0 fully saturated rings. The summed E-state index contributed by atoms with van der Waals surface area (Å²) in [7, 11) is -3.89. The second-order valence-corrected chi connectivity index (χ2v) is 7.25. The van der Waals surface area contributed by atoms with Crippen LogP contribution in [0.15, 0.2) is 23.2 Å². The fourth-order valence-corrected chi connectivity index (χ4v) is 3.76. The van der Waals surface area contributed by atoms with Crippen molar-refractivity contribution in [3.05, 3.63) is 39.5 Å². The van der Waals surface area contributed by atoms with Crippen LogP contribution in [-0.4, -0.2) is 29.9 Å². The molecular weight excluding hydrogens is 349 g/mol. The number of benzene rings is 1. The summed E-state index contributed by atoms with van der Waals surface area (Å²) in [5, 5.41) is 13.4. The lowest BCUT2D eigenvalue weighted by Gasteiger charge is -2.10. The third-order valence-corrected chi connectivity index (χ3v) is 5.22. The van der Waals surface area contributed by atoms with Crippen molar-refractivity contribution in [3.8, 4) is 0 Å². The summed E-state index contributed by atoms with van der Waals surface area (Å²) in [6.07, 6.45) is 1.64. The quantitative estimate of drug-likeness (QED) is 0.854. The lowest BCUT2D eigenvalue weighted by atomic mass is 10.2. The van der Waals surface area contributed by atoms with E-state index < -0.39 is 10.0 Å². The molecule has 0 atom stereocenters. The summed E-state index contributed by atoms with van der Waals surface area (Å²) >= 11 is 11.9. The fraction of sp³-hybridized carbons (Fsp3) is 0.308. The molecule has 0 aliphatic carbocycles. The zero-order valence-electron chi connectivity index (χ0n) is 12.0. The lowest BCUT2D eigenvalue weighted by Crippen LogP contribution is -2.15. The zero-order chi connectivity index (χ0) is 16.5. The molecule has 22 heavy (non-hydrogen) atoms. The number of aromatic nitrogens is 2. The molecule has 0 aliphatic rings. The van der Waals surface area contributed by atoms with Crippen molar-refractivity contribution in [1.29, 1.82) is 0 Å². The van der Waals surface area contributed by atoms with Gasteiger partial charge >= 0.3 is 0 Å². The van der Waals surface area contributed by atoms with Crippen molar-refractivity contribution < 1.29 is 13.5 Å². The maximum Gasteiger partial charge on any atom is 0.264 e. The predicted molar refractivity (Wildman–Crippen MR) is 86.1 cm³/mol. The van der Waals surface area contributed by atoms with Crippen LogP contribution < -0.4 is 4.72 Å². The highest BCUT2D eigenvalue weighted by atomic mass is 35.5. The van der Waals surface area contributed by atoms with Gasteiger partial charge < -0.3 is 5.11 Å². The lowest BCUT2D eigenvalue weighted by molar-refractivity contribution is 0.269. The number of halogens is 2. The van der Waals surface area contributed by atoms with Gasteiger partial charge in [-0.25, -0.2) is 8.42 Å². The van der Waals surface area contributed by atoms with Gasteiger partial charge in [0.05, 0.1) is 18.2 Å². The molecule has 0 radical (unpaired) electrons. The van der Waals surface area contributed by atoms with E-state index in [-0.39, 0.29) is 28.9 Å². The molecule has 2 rings (SSSR count). The van der Waals surface area contributed by atoms with Gasteiger partial charge in [-0.2, -0.15) is 5.10 Å². The van der Waals surface area contributed by atoms with Gasteiger partial charge in [0.15, 0.2) is 5.82 Å². The van der Waals surface area contributed by atoms with Crippen molar-refractivity contribution in [2.45, 2.75) is 25.3 Å². The van der Waals surface area contributed by atoms with E-state index in [0.717, 1.165) is 0 Å². The SMILES string of the molecule is Cc1cc(S(=O)(=O)Nc2nn(CCO)cc2C)c(Cl)cc1Cl. The van der Waals surface area contributed by atoms with Crippen molar-refractivity contribution in [3.63, 3.8) is 0 Å². The van der Waals surface area contributed by atoms with Gasteiger partial charge in [-0.3, -0.25) is 9.40 Å². The van der Waals surface area contributed by atoms with Crippen LogP contribution in [0.5, 0.6) is 0 Å². The highest BCUT2D eigenvalue weighted by molar-refractivity contribution is 7.92. The topological polar surface area (TPSA) is 84.2 Å². The van der Waals surface area contributed by atoms with Crippen LogP contribution in [0.1, 0.15) is 11.1 Å². The van der Waals surface area contributed by atoms with E-state index in [1.165, 1.54) is 16.8 Å². The van der Waals surface area contributed by atoms with Gasteiger partial charge in [0, 0.05) is 16.8 Å². The first-order valence-corrected chi connectivity index (χ1v) is 8.62. The molecule has 2 N–H and O–H groups in total. The molecule has 0 amide bonds. The minimum Gasteiger partial charge on any atom is -0.394 e. The number of rotatable bonds is 5. The summed E-state index contributed by atoms with van der Waals surface area (Å²) in [4.78, 5) is -0.0628. The van der Waals surface area contributed by atoms with Crippen molar-refractivity contribution in [2.24, 2.45) is 0 Å². The predicted octanol–water partition coefficient (Wildman–Crippen LogP) is 2.60. The number of aryl methyl sites for hydroxylation is 2. The molecule has 1 aromatic carbocycles. The molecule has 0 saturated heterocycles. The first kappa shape index (κ1) is 17.1. The smallest absolute Gasteiger partial charge is 0.264 e. The molecule has 0 saturated carbocycles. The van der Waals surface area contributed by atoms with E-state index >= 15 is 0 Å². The van der Waals surface area contributed by atoms with E-state index in [2.05, 4.69) is 9.82 Å². The van der Waals surface area contributed by atoms with Crippen LogP contribution >= 0.6 is 23.2 Å². The van der Waals surface area contributed by atoms with Crippen molar-refractivity contribution >= 4 is 39.0 Å². The molecule has 1 aromatic heterocycles. The van der Waals surface area contributed by atoms with E-state index in [9.17, 15) is 8.42 Å². The first-order chi connectivity index (χ1) is 10.2. The average Bonchev–Trinajstić information content (AvgIpc) is 2.73. The molecule has 2 aromatic rings. The van der Waals surface area contributed by atoms with E-state index in [1.807, 2.05) is 0 Å². The van der Waals surface area contributed by atoms with Gasteiger partial charge in [0.1, 0.15) is 4.90 Å². The van der Waals surface area contributed by atoms with Gasteiger partial charge in [0.25, 0.3) is 10.0 Å². The number of hydrogen-bond donors (Lipinski definition) is 2. The second kappa shape index (κ2) is 6.45. The number of hydrogen-bond acceptors (Lipinski definition) is 4. The van der Waals surface area contributed by atoms with Crippen LogP contribution in [-0.2, 0) is 16.6 Å². The number of aliphatic hydroxyl groups excluding tert-OH is 1. The fourth-order valence-electron chi connectivity index (χ4n) is 1.86. The summed E-state index contributed by atoms with van der Waals surface area (Å²) in [5.41, 5.74) is 1.24. The Morgan fingerprint density at radius 1 is 1.23 bits per heavy atom. The number of nitrogens with zero attached hydrogens (tertiary/aromatic N) is 2. The van der Waals surface area contributed by atoms with E-state index in [1.54, 1.807) is 20.0 Å². The van der Waals surface area contributed by atoms with Crippen molar-refractivity contribution in [2.75, 3.05) is 11.3 Å². The van der Waals surface area contributed by atoms with Crippen LogP contribution in [0.2, 0.25) is 10.0 Å². The normalized spacial score (nSPS) is 11.7. The average molecular weight is 364 g/mol. The summed E-state index contributed by atoms with van der Waals surface area (Å²) < 4.78 is 28.8. The van der Waals surface area contributed by atoms with Crippen LogP contribution in [0.4, 0.5) is 5.82 Å². The Balaban J connectivity index is 2.38. The molecule has 120 valence electrons. The Kier molecular flexibility index (Phi) is 5.01. The highest BCUT2D eigenvalue weighted by Crippen LogP contribution is 2.29. The highest BCUT2D eigenvalue weighted by Gasteiger charge is 2.21. The molecule has 0 aliphatic heterocycles. The zero-order valence-corrected chi connectivity index (χ0v) is 14.3. The summed E-state index contributed by atoms with van der Waals surface area (Å²) in [6, 6.07) is 2.80. The Labute approximate surface area is 138 Å².